The van der Waals surface area contributed by atoms with Crippen LogP contribution in [-0.4, -0.2) is 5.78 Å². The molecule has 1 fully saturated rings. The molecular weight excluding hydrogens is 160 g/mol. The van der Waals surface area contributed by atoms with Gasteiger partial charge in [-0.05, 0) is 25.7 Å². The van der Waals surface area contributed by atoms with Crippen LogP contribution in [-0.2, 0) is 4.79 Å². The fourth-order valence-corrected chi connectivity index (χ4v) is 2.44. The Bertz CT molecular complexity index is 157. The van der Waals surface area contributed by atoms with Crippen LogP contribution in [0, 0.1) is 11.8 Å². The summed E-state index contributed by atoms with van der Waals surface area (Å²) in [6.07, 6.45) is 8.18. The SMILES string of the molecule is CCC[C@H](CC)C(=O)C1CCCC1. The van der Waals surface area contributed by atoms with Crippen molar-refractivity contribution in [2.24, 2.45) is 11.8 Å². The lowest BCUT2D eigenvalue weighted by Crippen LogP contribution is -2.21. The summed E-state index contributed by atoms with van der Waals surface area (Å²) in [4.78, 5) is 12.0. The molecule has 0 radical (unpaired) electrons. The first-order valence-corrected chi connectivity index (χ1v) is 5.83. The largest absolute Gasteiger partial charge is 0.299 e. The zero-order chi connectivity index (χ0) is 9.68. The van der Waals surface area contributed by atoms with Crippen molar-refractivity contribution >= 4 is 5.78 Å². The van der Waals surface area contributed by atoms with Crippen molar-refractivity contribution in [3.8, 4) is 0 Å². The summed E-state index contributed by atoms with van der Waals surface area (Å²) in [5, 5.41) is 0. The topological polar surface area (TPSA) is 17.1 Å². The van der Waals surface area contributed by atoms with Crippen LogP contribution in [0.5, 0.6) is 0 Å². The number of carbonyl (C=O) groups is 1. The normalized spacial score (nSPS) is 20.5. The second-order valence-corrected chi connectivity index (χ2v) is 4.28. The Morgan fingerprint density at radius 3 is 2.38 bits per heavy atom. The second kappa shape index (κ2) is 5.41. The van der Waals surface area contributed by atoms with E-state index in [1.165, 1.54) is 25.7 Å². The summed E-state index contributed by atoms with van der Waals surface area (Å²) in [6, 6.07) is 0. The molecule has 0 aliphatic heterocycles. The van der Waals surface area contributed by atoms with Gasteiger partial charge in [-0.25, -0.2) is 0 Å². The Balaban J connectivity index is 2.42. The Kier molecular flexibility index (Phi) is 4.47. The lowest BCUT2D eigenvalue weighted by atomic mass is 9.87. The molecule has 0 aromatic rings. The molecule has 0 unspecified atom stereocenters. The van der Waals surface area contributed by atoms with Gasteiger partial charge >= 0.3 is 0 Å². The Hall–Kier alpha value is -0.330. The van der Waals surface area contributed by atoms with Gasteiger partial charge in [0.05, 0.1) is 0 Å². The molecular formula is C12H22O. The molecule has 1 heteroatoms. The first-order chi connectivity index (χ1) is 6.29. The molecule has 0 N–H and O–H groups in total. The van der Waals surface area contributed by atoms with Gasteiger partial charge in [-0.15, -0.1) is 0 Å². The fraction of sp³-hybridized carbons (Fsp3) is 0.917. The third-order valence-corrected chi connectivity index (χ3v) is 3.29. The average Bonchev–Trinajstić information content (AvgIpc) is 2.65. The average molecular weight is 182 g/mol. The maximum absolute atomic E-state index is 12.0. The molecule has 13 heavy (non-hydrogen) atoms. The Morgan fingerprint density at radius 2 is 1.92 bits per heavy atom. The summed E-state index contributed by atoms with van der Waals surface area (Å²) < 4.78 is 0. The molecule has 0 spiro atoms. The minimum atomic E-state index is 0.369. The van der Waals surface area contributed by atoms with Crippen molar-refractivity contribution in [3.63, 3.8) is 0 Å². The molecule has 0 bridgehead atoms. The molecule has 0 heterocycles. The van der Waals surface area contributed by atoms with E-state index in [1.54, 1.807) is 0 Å². The Morgan fingerprint density at radius 1 is 1.31 bits per heavy atom. The van der Waals surface area contributed by atoms with Gasteiger partial charge in [0.1, 0.15) is 5.78 Å². The first kappa shape index (κ1) is 10.7. The van der Waals surface area contributed by atoms with Crippen LogP contribution in [0.15, 0.2) is 0 Å². The number of rotatable bonds is 5. The Labute approximate surface area is 81.9 Å². The van der Waals surface area contributed by atoms with Crippen LogP contribution in [0.4, 0.5) is 0 Å². The van der Waals surface area contributed by atoms with Crippen molar-refractivity contribution in [2.75, 3.05) is 0 Å². The van der Waals surface area contributed by atoms with Crippen molar-refractivity contribution in [1.29, 1.82) is 0 Å². The number of carbonyl (C=O) groups excluding carboxylic acids is 1. The quantitative estimate of drug-likeness (QED) is 0.635. The van der Waals surface area contributed by atoms with Gasteiger partial charge in [0.25, 0.3) is 0 Å². The number of Topliss-reactive ketones (excluding diaryl/α,β-unsaturated/α-hetero) is 1. The number of hydrogen-bond donors (Lipinski definition) is 0. The first-order valence-electron chi connectivity index (χ1n) is 5.83. The van der Waals surface area contributed by atoms with Gasteiger partial charge in [-0.1, -0.05) is 33.1 Å². The van der Waals surface area contributed by atoms with Crippen molar-refractivity contribution in [1.82, 2.24) is 0 Å². The predicted molar refractivity (Wildman–Crippen MR) is 55.7 cm³/mol. The molecule has 0 aromatic heterocycles. The highest BCUT2D eigenvalue weighted by Gasteiger charge is 2.27. The monoisotopic (exact) mass is 182 g/mol. The summed E-state index contributed by atoms with van der Waals surface area (Å²) in [6.45, 7) is 4.32. The van der Waals surface area contributed by atoms with Crippen molar-refractivity contribution in [2.45, 2.75) is 58.8 Å². The van der Waals surface area contributed by atoms with Crippen LogP contribution >= 0.6 is 0 Å². The molecule has 1 saturated carbocycles. The maximum Gasteiger partial charge on any atom is 0.139 e. The smallest absolute Gasteiger partial charge is 0.139 e. The summed E-state index contributed by atoms with van der Waals surface area (Å²) >= 11 is 0. The van der Waals surface area contributed by atoms with E-state index in [1.807, 2.05) is 0 Å². The highest BCUT2D eigenvalue weighted by Crippen LogP contribution is 2.29. The van der Waals surface area contributed by atoms with E-state index in [-0.39, 0.29) is 0 Å². The number of hydrogen-bond acceptors (Lipinski definition) is 1. The second-order valence-electron chi connectivity index (χ2n) is 4.28. The molecule has 76 valence electrons. The molecule has 1 nitrogen and oxygen atoms in total. The minimum Gasteiger partial charge on any atom is -0.299 e. The minimum absolute atomic E-state index is 0.369. The zero-order valence-electron chi connectivity index (χ0n) is 9.01. The van der Waals surface area contributed by atoms with E-state index in [9.17, 15) is 4.79 Å². The van der Waals surface area contributed by atoms with Crippen LogP contribution < -0.4 is 0 Å². The van der Waals surface area contributed by atoms with Gasteiger partial charge in [0, 0.05) is 11.8 Å². The van der Waals surface area contributed by atoms with Gasteiger partial charge in [-0.2, -0.15) is 0 Å². The molecule has 1 aliphatic carbocycles. The van der Waals surface area contributed by atoms with E-state index < -0.39 is 0 Å². The lowest BCUT2D eigenvalue weighted by molar-refractivity contribution is -0.127. The number of ketones is 1. The van der Waals surface area contributed by atoms with Crippen LogP contribution in [0.25, 0.3) is 0 Å². The summed E-state index contributed by atoms with van der Waals surface area (Å²) in [5.41, 5.74) is 0. The zero-order valence-corrected chi connectivity index (χ0v) is 9.01. The van der Waals surface area contributed by atoms with Crippen molar-refractivity contribution < 1.29 is 4.79 Å². The van der Waals surface area contributed by atoms with E-state index in [4.69, 9.17) is 0 Å². The van der Waals surface area contributed by atoms with Gasteiger partial charge in [-0.3, -0.25) is 4.79 Å². The van der Waals surface area contributed by atoms with Gasteiger partial charge in [0.15, 0.2) is 0 Å². The van der Waals surface area contributed by atoms with E-state index in [0.29, 0.717) is 17.6 Å². The molecule has 1 aliphatic rings. The van der Waals surface area contributed by atoms with E-state index >= 15 is 0 Å². The van der Waals surface area contributed by atoms with E-state index in [0.717, 1.165) is 19.3 Å². The van der Waals surface area contributed by atoms with Crippen molar-refractivity contribution in [3.05, 3.63) is 0 Å². The lowest BCUT2D eigenvalue weighted by Gasteiger charge is -2.16. The molecule has 0 saturated heterocycles. The van der Waals surface area contributed by atoms with Crippen LogP contribution in [0.2, 0.25) is 0 Å². The molecule has 0 amide bonds. The molecule has 1 rings (SSSR count). The highest BCUT2D eigenvalue weighted by atomic mass is 16.1. The highest BCUT2D eigenvalue weighted by molar-refractivity contribution is 5.83. The predicted octanol–water partition coefficient (Wildman–Crippen LogP) is 3.57. The van der Waals surface area contributed by atoms with Crippen LogP contribution in [0.3, 0.4) is 0 Å². The summed E-state index contributed by atoms with van der Waals surface area (Å²) in [7, 11) is 0. The fourth-order valence-electron chi connectivity index (χ4n) is 2.44. The van der Waals surface area contributed by atoms with Gasteiger partial charge in [0.2, 0.25) is 0 Å². The summed E-state index contributed by atoms with van der Waals surface area (Å²) in [5.74, 6) is 1.37. The third-order valence-electron chi connectivity index (χ3n) is 3.29. The van der Waals surface area contributed by atoms with E-state index in [2.05, 4.69) is 13.8 Å². The molecule has 0 aromatic carbocycles. The standard InChI is InChI=1S/C12H22O/c1-3-7-10(4-2)12(13)11-8-5-6-9-11/h10-11H,3-9H2,1-2H3/t10-/m0/s1. The maximum atomic E-state index is 12.0. The van der Waals surface area contributed by atoms with Crippen LogP contribution in [0.1, 0.15) is 58.8 Å². The van der Waals surface area contributed by atoms with Gasteiger partial charge < -0.3 is 0 Å². The third kappa shape index (κ3) is 2.82. The molecule has 1 atom stereocenters.